The average molecular weight is 249 g/mol. The van der Waals surface area contributed by atoms with Crippen LogP contribution < -0.4 is 5.32 Å². The van der Waals surface area contributed by atoms with Crippen LogP contribution in [0.2, 0.25) is 0 Å². The maximum Gasteiger partial charge on any atom is 0.320 e. The van der Waals surface area contributed by atoms with Gasteiger partial charge in [0.2, 0.25) is 0 Å². The first-order valence-corrected chi connectivity index (χ1v) is 6.63. The molecule has 0 saturated carbocycles. The summed E-state index contributed by atoms with van der Waals surface area (Å²) in [5.74, 6) is -0.663. The van der Waals surface area contributed by atoms with Gasteiger partial charge in [0.15, 0.2) is 5.79 Å². The topological polar surface area (TPSA) is 67.8 Å². The van der Waals surface area contributed by atoms with Crippen LogP contribution in [0.5, 0.6) is 0 Å². The molecular weight excluding hydrogens is 230 g/mol. The quantitative estimate of drug-likeness (QED) is 0.728. The molecule has 0 aromatic rings. The van der Waals surface area contributed by atoms with Gasteiger partial charge < -0.3 is 14.6 Å². The average Bonchev–Trinajstić information content (AvgIpc) is 2.52. The highest BCUT2D eigenvalue weighted by Gasteiger charge is 2.34. The third-order valence-corrected chi connectivity index (χ3v) is 2.95. The fraction of sp³-hybridized carbons (Fsp3) is 0.900. The highest BCUT2D eigenvalue weighted by atomic mass is 32.2. The Labute approximate surface area is 99.9 Å². The number of carboxylic acid groups (broad SMARTS) is 1. The molecule has 1 aliphatic rings. The standard InChI is InChI=1S/C10H19NO4S/c1-10(2)14-6-8(15-10)11-7(9(12)13)4-5-16-3/h7-8,11H,4-6H2,1-3H3,(H,12,13)/t7-,8?/m0/s1. The lowest BCUT2D eigenvalue weighted by molar-refractivity contribution is -0.150. The molecule has 2 N–H and O–H groups in total. The number of aliphatic carboxylic acids is 1. The summed E-state index contributed by atoms with van der Waals surface area (Å²) in [6.07, 6.45) is 2.20. The van der Waals surface area contributed by atoms with E-state index in [2.05, 4.69) is 5.32 Å². The predicted molar refractivity (Wildman–Crippen MR) is 62.5 cm³/mol. The zero-order valence-corrected chi connectivity index (χ0v) is 10.7. The molecule has 94 valence electrons. The minimum absolute atomic E-state index is 0.335. The van der Waals surface area contributed by atoms with Crippen molar-refractivity contribution in [3.05, 3.63) is 0 Å². The van der Waals surface area contributed by atoms with E-state index in [-0.39, 0.29) is 6.23 Å². The number of carboxylic acids is 1. The van der Waals surface area contributed by atoms with Gasteiger partial charge in [-0.1, -0.05) is 0 Å². The molecule has 1 heterocycles. The third-order valence-electron chi connectivity index (χ3n) is 2.30. The van der Waals surface area contributed by atoms with Crippen LogP contribution in [0.15, 0.2) is 0 Å². The monoisotopic (exact) mass is 249 g/mol. The summed E-state index contributed by atoms with van der Waals surface area (Å²) < 4.78 is 10.9. The molecule has 1 unspecified atom stereocenters. The van der Waals surface area contributed by atoms with E-state index in [1.54, 1.807) is 11.8 Å². The fourth-order valence-electron chi connectivity index (χ4n) is 1.51. The normalized spacial score (nSPS) is 25.6. The summed E-state index contributed by atoms with van der Waals surface area (Å²) >= 11 is 1.63. The molecule has 1 fully saturated rings. The van der Waals surface area contributed by atoms with E-state index in [1.807, 2.05) is 20.1 Å². The van der Waals surface area contributed by atoms with Gasteiger partial charge >= 0.3 is 5.97 Å². The maximum atomic E-state index is 11.0. The molecule has 2 atom stereocenters. The summed E-state index contributed by atoms with van der Waals surface area (Å²) in [4.78, 5) is 11.0. The second-order valence-corrected chi connectivity index (χ2v) is 5.14. The molecule has 1 saturated heterocycles. The first-order valence-electron chi connectivity index (χ1n) is 5.24. The smallest absolute Gasteiger partial charge is 0.320 e. The highest BCUT2D eigenvalue weighted by Crippen LogP contribution is 2.21. The predicted octanol–water partition coefficient (Wildman–Crippen LogP) is 0.891. The van der Waals surface area contributed by atoms with Crippen LogP contribution in [0.1, 0.15) is 20.3 Å². The molecule has 0 bridgehead atoms. The Bertz CT molecular complexity index is 247. The van der Waals surface area contributed by atoms with Crippen molar-refractivity contribution < 1.29 is 19.4 Å². The van der Waals surface area contributed by atoms with Gasteiger partial charge in [0.25, 0.3) is 0 Å². The van der Waals surface area contributed by atoms with E-state index in [1.165, 1.54) is 0 Å². The third kappa shape index (κ3) is 4.29. The minimum Gasteiger partial charge on any atom is -0.480 e. The Morgan fingerprint density at radius 1 is 1.69 bits per heavy atom. The summed E-state index contributed by atoms with van der Waals surface area (Å²) in [7, 11) is 0. The van der Waals surface area contributed by atoms with Gasteiger partial charge in [0, 0.05) is 0 Å². The highest BCUT2D eigenvalue weighted by molar-refractivity contribution is 7.98. The molecule has 0 aromatic heterocycles. The first-order chi connectivity index (χ1) is 7.44. The first kappa shape index (κ1) is 13.8. The number of thioether (sulfide) groups is 1. The van der Waals surface area contributed by atoms with Crippen molar-refractivity contribution in [3.8, 4) is 0 Å². The zero-order chi connectivity index (χ0) is 12.2. The second kappa shape index (κ2) is 5.86. The van der Waals surface area contributed by atoms with E-state index in [9.17, 15) is 4.79 Å². The number of rotatable bonds is 6. The van der Waals surface area contributed by atoms with E-state index < -0.39 is 17.8 Å². The summed E-state index contributed by atoms with van der Waals surface area (Å²) in [6.45, 7) is 4.01. The van der Waals surface area contributed by atoms with Crippen LogP contribution in [0.4, 0.5) is 0 Å². The molecule has 0 radical (unpaired) electrons. The lowest BCUT2D eigenvalue weighted by Gasteiger charge is -2.20. The van der Waals surface area contributed by atoms with E-state index >= 15 is 0 Å². The number of hydrogen-bond donors (Lipinski definition) is 2. The van der Waals surface area contributed by atoms with Crippen molar-refractivity contribution in [1.29, 1.82) is 0 Å². The van der Waals surface area contributed by atoms with Gasteiger partial charge in [-0.3, -0.25) is 10.1 Å². The Hall–Kier alpha value is -0.300. The van der Waals surface area contributed by atoms with Crippen LogP contribution in [0, 0.1) is 0 Å². The van der Waals surface area contributed by atoms with E-state index in [0.717, 1.165) is 5.75 Å². The van der Waals surface area contributed by atoms with Crippen LogP contribution in [-0.4, -0.2) is 47.7 Å². The van der Waals surface area contributed by atoms with Gasteiger partial charge in [-0.25, -0.2) is 0 Å². The van der Waals surface area contributed by atoms with Crippen molar-refractivity contribution in [2.24, 2.45) is 0 Å². The molecule has 6 heteroatoms. The molecule has 16 heavy (non-hydrogen) atoms. The molecule has 0 aromatic carbocycles. The Morgan fingerprint density at radius 3 is 2.81 bits per heavy atom. The van der Waals surface area contributed by atoms with Gasteiger partial charge in [-0.05, 0) is 32.3 Å². The summed E-state index contributed by atoms with van der Waals surface area (Å²) in [5.41, 5.74) is 0. The van der Waals surface area contributed by atoms with Crippen LogP contribution >= 0.6 is 11.8 Å². The van der Waals surface area contributed by atoms with Crippen molar-refractivity contribution in [3.63, 3.8) is 0 Å². The Morgan fingerprint density at radius 2 is 2.38 bits per heavy atom. The molecule has 0 amide bonds. The van der Waals surface area contributed by atoms with Gasteiger partial charge in [-0.2, -0.15) is 11.8 Å². The fourth-order valence-corrected chi connectivity index (χ4v) is 1.98. The molecule has 0 aliphatic carbocycles. The number of ether oxygens (including phenoxy) is 2. The largest absolute Gasteiger partial charge is 0.480 e. The maximum absolute atomic E-state index is 11.0. The summed E-state index contributed by atoms with van der Waals surface area (Å²) in [6, 6.07) is -0.574. The van der Waals surface area contributed by atoms with Gasteiger partial charge in [0.05, 0.1) is 6.61 Å². The molecule has 1 rings (SSSR count). The second-order valence-electron chi connectivity index (χ2n) is 4.16. The van der Waals surface area contributed by atoms with E-state index in [4.69, 9.17) is 14.6 Å². The van der Waals surface area contributed by atoms with Crippen LogP contribution in [-0.2, 0) is 14.3 Å². The van der Waals surface area contributed by atoms with Crippen molar-refractivity contribution >= 4 is 17.7 Å². The Balaban J connectivity index is 2.40. The molecule has 1 aliphatic heterocycles. The number of carbonyl (C=O) groups is 1. The van der Waals surface area contributed by atoms with Crippen molar-refractivity contribution in [2.75, 3.05) is 18.6 Å². The van der Waals surface area contributed by atoms with Gasteiger partial charge in [-0.15, -0.1) is 0 Å². The zero-order valence-electron chi connectivity index (χ0n) is 9.86. The van der Waals surface area contributed by atoms with Crippen molar-refractivity contribution in [1.82, 2.24) is 5.32 Å². The molecule has 0 spiro atoms. The lowest BCUT2D eigenvalue weighted by atomic mass is 10.2. The minimum atomic E-state index is -0.845. The SMILES string of the molecule is CSCC[C@H](NC1COC(C)(C)O1)C(=O)O. The van der Waals surface area contributed by atoms with Gasteiger partial charge in [0.1, 0.15) is 12.3 Å². The van der Waals surface area contributed by atoms with Crippen LogP contribution in [0.3, 0.4) is 0 Å². The van der Waals surface area contributed by atoms with E-state index in [0.29, 0.717) is 13.0 Å². The summed E-state index contributed by atoms with van der Waals surface area (Å²) in [5, 5.41) is 12.0. The molecule has 5 nitrogen and oxygen atoms in total. The van der Waals surface area contributed by atoms with Crippen LogP contribution in [0.25, 0.3) is 0 Å². The Kier molecular flexibility index (Phi) is 5.04. The number of nitrogens with one attached hydrogen (secondary N) is 1. The lowest BCUT2D eigenvalue weighted by Crippen LogP contribution is -2.45. The molecular formula is C10H19NO4S. The number of hydrogen-bond acceptors (Lipinski definition) is 5. The van der Waals surface area contributed by atoms with Crippen molar-refractivity contribution in [2.45, 2.75) is 38.3 Å².